The first-order valence-electron chi connectivity index (χ1n) is 10.00. The summed E-state index contributed by atoms with van der Waals surface area (Å²) < 4.78 is 0. The van der Waals surface area contributed by atoms with Gasteiger partial charge in [0.15, 0.2) is 0 Å². The number of nitrogens with one attached hydrogen (secondary N) is 1. The topological polar surface area (TPSA) is 44.3 Å². The molecular formula is C22H24ClN5. The molecule has 1 saturated carbocycles. The van der Waals surface area contributed by atoms with Gasteiger partial charge in [-0.1, -0.05) is 35.9 Å². The van der Waals surface area contributed by atoms with Crippen LogP contribution in [0.5, 0.6) is 0 Å². The van der Waals surface area contributed by atoms with Gasteiger partial charge in [0, 0.05) is 49.2 Å². The second kappa shape index (κ2) is 7.57. The number of piperazine rings is 1. The van der Waals surface area contributed by atoms with Crippen LogP contribution in [0.1, 0.15) is 18.4 Å². The van der Waals surface area contributed by atoms with E-state index >= 15 is 0 Å². The van der Waals surface area contributed by atoms with Gasteiger partial charge in [0.1, 0.15) is 5.82 Å². The van der Waals surface area contributed by atoms with E-state index in [0.717, 1.165) is 60.4 Å². The van der Waals surface area contributed by atoms with Crippen LogP contribution in [0.4, 0.5) is 11.8 Å². The highest BCUT2D eigenvalue weighted by molar-refractivity contribution is 6.30. The van der Waals surface area contributed by atoms with Crippen LogP contribution in [0.2, 0.25) is 5.02 Å². The Hall–Kier alpha value is -2.37. The molecule has 5 rings (SSSR count). The average molecular weight is 394 g/mol. The number of nitrogens with zero attached hydrogens (tertiary/aromatic N) is 4. The van der Waals surface area contributed by atoms with Crippen LogP contribution in [0.25, 0.3) is 10.9 Å². The van der Waals surface area contributed by atoms with Crippen LogP contribution >= 0.6 is 11.6 Å². The molecule has 1 aliphatic carbocycles. The van der Waals surface area contributed by atoms with E-state index in [1.165, 1.54) is 18.4 Å². The maximum atomic E-state index is 5.99. The number of hydrogen-bond donors (Lipinski definition) is 1. The van der Waals surface area contributed by atoms with E-state index in [2.05, 4.69) is 45.4 Å². The number of hydrogen-bond acceptors (Lipinski definition) is 5. The van der Waals surface area contributed by atoms with E-state index in [1.807, 2.05) is 18.2 Å². The van der Waals surface area contributed by atoms with Crippen molar-refractivity contribution in [2.24, 2.45) is 0 Å². The minimum atomic E-state index is 0.572. The summed E-state index contributed by atoms with van der Waals surface area (Å²) in [6.07, 6.45) is 2.47. The van der Waals surface area contributed by atoms with Crippen molar-refractivity contribution in [1.82, 2.24) is 14.9 Å². The zero-order valence-electron chi connectivity index (χ0n) is 15.8. The molecule has 2 fully saturated rings. The molecule has 0 spiro atoms. The minimum absolute atomic E-state index is 0.572. The van der Waals surface area contributed by atoms with Gasteiger partial charge in [0.2, 0.25) is 5.95 Å². The van der Waals surface area contributed by atoms with Crippen molar-refractivity contribution < 1.29 is 0 Å². The highest BCUT2D eigenvalue weighted by Crippen LogP contribution is 2.29. The van der Waals surface area contributed by atoms with Crippen molar-refractivity contribution in [2.75, 3.05) is 36.4 Å². The predicted molar refractivity (Wildman–Crippen MR) is 115 cm³/mol. The second-order valence-electron chi connectivity index (χ2n) is 7.70. The molecule has 1 saturated heterocycles. The molecule has 28 heavy (non-hydrogen) atoms. The molecular weight excluding hydrogens is 370 g/mol. The summed E-state index contributed by atoms with van der Waals surface area (Å²) in [5.41, 5.74) is 2.31. The molecule has 1 aromatic heterocycles. The summed E-state index contributed by atoms with van der Waals surface area (Å²) in [5, 5.41) is 5.49. The lowest BCUT2D eigenvalue weighted by molar-refractivity contribution is 0.249. The van der Waals surface area contributed by atoms with E-state index in [1.54, 1.807) is 0 Å². The normalized spacial score (nSPS) is 17.8. The van der Waals surface area contributed by atoms with Crippen LogP contribution < -0.4 is 10.2 Å². The molecule has 6 heteroatoms. The van der Waals surface area contributed by atoms with Gasteiger partial charge in [0.05, 0.1) is 5.52 Å². The van der Waals surface area contributed by atoms with Gasteiger partial charge in [-0.05, 0) is 42.7 Å². The number of anilines is 2. The Morgan fingerprint density at radius 1 is 0.929 bits per heavy atom. The summed E-state index contributed by atoms with van der Waals surface area (Å²) in [4.78, 5) is 14.5. The average Bonchev–Trinajstić information content (AvgIpc) is 3.54. The highest BCUT2D eigenvalue weighted by atomic mass is 35.5. The lowest BCUT2D eigenvalue weighted by atomic mass is 10.2. The summed E-state index contributed by atoms with van der Waals surface area (Å²) in [6.45, 7) is 4.84. The molecule has 0 amide bonds. The van der Waals surface area contributed by atoms with Crippen LogP contribution in [-0.4, -0.2) is 47.1 Å². The number of benzene rings is 2. The van der Waals surface area contributed by atoms with Crippen molar-refractivity contribution >= 4 is 34.3 Å². The summed E-state index contributed by atoms with van der Waals surface area (Å²) >= 11 is 5.99. The number of halogens is 1. The fourth-order valence-corrected chi connectivity index (χ4v) is 3.82. The van der Waals surface area contributed by atoms with E-state index < -0.39 is 0 Å². The van der Waals surface area contributed by atoms with Gasteiger partial charge in [-0.15, -0.1) is 0 Å². The first kappa shape index (κ1) is 17.7. The Morgan fingerprint density at radius 3 is 2.43 bits per heavy atom. The van der Waals surface area contributed by atoms with Crippen LogP contribution in [0.3, 0.4) is 0 Å². The summed E-state index contributed by atoms with van der Waals surface area (Å²) in [6, 6.07) is 17.0. The highest BCUT2D eigenvalue weighted by Gasteiger charge is 2.24. The number of fused-ring (bicyclic) bond motifs is 1. The Morgan fingerprint density at radius 2 is 1.68 bits per heavy atom. The first-order chi connectivity index (χ1) is 13.7. The third-order valence-electron chi connectivity index (χ3n) is 5.48. The van der Waals surface area contributed by atoms with Crippen molar-refractivity contribution in [1.29, 1.82) is 0 Å². The quantitative estimate of drug-likeness (QED) is 0.704. The molecule has 3 aromatic rings. The zero-order chi connectivity index (χ0) is 18.9. The fraction of sp³-hybridized carbons (Fsp3) is 0.364. The monoisotopic (exact) mass is 393 g/mol. The largest absolute Gasteiger partial charge is 0.367 e. The summed E-state index contributed by atoms with van der Waals surface area (Å²) in [7, 11) is 0. The number of para-hydroxylation sites is 1. The maximum Gasteiger partial charge on any atom is 0.227 e. The molecule has 0 radical (unpaired) electrons. The minimum Gasteiger partial charge on any atom is -0.367 e. The standard InChI is InChI=1S/C22H24ClN5/c23-17-7-5-16(6-8-17)15-27-11-13-28(14-12-27)22-25-20-4-2-1-3-19(20)21(26-22)24-18-9-10-18/h1-8,18H,9-15H2,(H,24,25,26). The van der Waals surface area contributed by atoms with Crippen molar-refractivity contribution in [3.05, 3.63) is 59.1 Å². The molecule has 1 N–H and O–H groups in total. The lowest BCUT2D eigenvalue weighted by Crippen LogP contribution is -2.46. The van der Waals surface area contributed by atoms with Gasteiger partial charge >= 0.3 is 0 Å². The van der Waals surface area contributed by atoms with E-state index in [0.29, 0.717) is 6.04 Å². The fourth-order valence-electron chi connectivity index (χ4n) is 3.69. The molecule has 2 heterocycles. The van der Waals surface area contributed by atoms with E-state index in [4.69, 9.17) is 21.6 Å². The number of aromatic nitrogens is 2. The molecule has 0 unspecified atom stereocenters. The Kier molecular flexibility index (Phi) is 4.79. The Balaban J connectivity index is 1.30. The first-order valence-corrected chi connectivity index (χ1v) is 10.4. The predicted octanol–water partition coefficient (Wildman–Crippen LogP) is 4.18. The zero-order valence-corrected chi connectivity index (χ0v) is 16.6. The van der Waals surface area contributed by atoms with E-state index in [9.17, 15) is 0 Å². The summed E-state index contributed by atoms with van der Waals surface area (Å²) in [5.74, 6) is 1.82. The third kappa shape index (κ3) is 3.91. The van der Waals surface area contributed by atoms with Crippen molar-refractivity contribution in [3.8, 4) is 0 Å². The van der Waals surface area contributed by atoms with Gasteiger partial charge in [-0.2, -0.15) is 4.98 Å². The Labute approximate surface area is 170 Å². The second-order valence-corrected chi connectivity index (χ2v) is 8.13. The van der Waals surface area contributed by atoms with Gasteiger partial charge in [0.25, 0.3) is 0 Å². The van der Waals surface area contributed by atoms with Crippen molar-refractivity contribution in [2.45, 2.75) is 25.4 Å². The molecule has 144 valence electrons. The molecule has 0 bridgehead atoms. The lowest BCUT2D eigenvalue weighted by Gasteiger charge is -2.35. The maximum absolute atomic E-state index is 5.99. The molecule has 0 atom stereocenters. The van der Waals surface area contributed by atoms with Gasteiger partial charge in [-0.25, -0.2) is 4.98 Å². The molecule has 2 aliphatic rings. The van der Waals surface area contributed by atoms with Crippen LogP contribution in [0, 0.1) is 0 Å². The van der Waals surface area contributed by atoms with Crippen LogP contribution in [0.15, 0.2) is 48.5 Å². The number of rotatable bonds is 5. The molecule has 1 aliphatic heterocycles. The van der Waals surface area contributed by atoms with Crippen molar-refractivity contribution in [3.63, 3.8) is 0 Å². The van der Waals surface area contributed by atoms with E-state index in [-0.39, 0.29) is 0 Å². The van der Waals surface area contributed by atoms with Gasteiger partial charge in [-0.3, -0.25) is 4.90 Å². The molecule has 2 aromatic carbocycles. The molecule has 5 nitrogen and oxygen atoms in total. The third-order valence-corrected chi connectivity index (χ3v) is 5.74. The smallest absolute Gasteiger partial charge is 0.227 e. The SMILES string of the molecule is Clc1ccc(CN2CCN(c3nc(NC4CC4)c4ccccc4n3)CC2)cc1. The van der Waals surface area contributed by atoms with Crippen LogP contribution in [-0.2, 0) is 6.54 Å². The van der Waals surface area contributed by atoms with Gasteiger partial charge < -0.3 is 10.2 Å². The Bertz CT molecular complexity index is 962.